The third kappa shape index (κ3) is 4.96. The van der Waals surface area contributed by atoms with E-state index in [-0.39, 0.29) is 12.0 Å². The molecule has 0 fully saturated rings. The molecule has 1 aromatic heterocycles. The van der Waals surface area contributed by atoms with Gasteiger partial charge in [-0.25, -0.2) is 0 Å². The van der Waals surface area contributed by atoms with Gasteiger partial charge in [-0.05, 0) is 17.2 Å². The Balaban J connectivity index is 1.27. The highest BCUT2D eigenvalue weighted by Crippen LogP contribution is 2.31. The Labute approximate surface area is 193 Å². The number of para-hydroxylation sites is 1. The monoisotopic (exact) mass is 438 g/mol. The van der Waals surface area contributed by atoms with Gasteiger partial charge in [-0.2, -0.15) is 5.10 Å². The molecule has 33 heavy (non-hydrogen) atoms. The Hall–Kier alpha value is -3.90. The molecule has 0 saturated heterocycles. The molecule has 0 aliphatic carbocycles. The van der Waals surface area contributed by atoms with Gasteiger partial charge in [0.2, 0.25) is 5.91 Å². The SMILES string of the molecule is O=C(CN1Cc2ccccc2O[C@H](c2ccccc2)C1)NCc1cn[nH]c1-c1ccccc1. The summed E-state index contributed by atoms with van der Waals surface area (Å²) in [5.74, 6) is 0.849. The lowest BCUT2D eigenvalue weighted by molar-refractivity contribution is -0.122. The first-order valence-corrected chi connectivity index (χ1v) is 11.1. The van der Waals surface area contributed by atoms with Gasteiger partial charge in [-0.15, -0.1) is 0 Å². The highest BCUT2D eigenvalue weighted by molar-refractivity contribution is 5.78. The highest BCUT2D eigenvalue weighted by atomic mass is 16.5. The molecule has 1 aliphatic heterocycles. The molecule has 2 N–H and O–H groups in total. The number of aromatic amines is 1. The summed E-state index contributed by atoms with van der Waals surface area (Å²) >= 11 is 0. The number of amides is 1. The van der Waals surface area contributed by atoms with E-state index in [4.69, 9.17) is 4.74 Å². The molecule has 0 bridgehead atoms. The Bertz CT molecular complexity index is 1210. The van der Waals surface area contributed by atoms with Gasteiger partial charge in [-0.3, -0.25) is 14.8 Å². The number of rotatable bonds is 6. The minimum absolute atomic E-state index is 0.0265. The molecule has 0 unspecified atom stereocenters. The second-order valence-electron chi connectivity index (χ2n) is 8.21. The maximum atomic E-state index is 12.9. The summed E-state index contributed by atoms with van der Waals surface area (Å²) in [5.41, 5.74) is 5.13. The molecule has 4 aromatic rings. The van der Waals surface area contributed by atoms with Crippen molar-refractivity contribution < 1.29 is 9.53 Å². The van der Waals surface area contributed by atoms with Gasteiger partial charge >= 0.3 is 0 Å². The molecule has 2 heterocycles. The van der Waals surface area contributed by atoms with Gasteiger partial charge < -0.3 is 10.1 Å². The lowest BCUT2D eigenvalue weighted by Gasteiger charge is -2.23. The molecule has 0 spiro atoms. The van der Waals surface area contributed by atoms with Crippen molar-refractivity contribution in [1.82, 2.24) is 20.4 Å². The van der Waals surface area contributed by atoms with E-state index in [1.807, 2.05) is 66.7 Å². The van der Waals surface area contributed by atoms with Crippen molar-refractivity contribution in [3.63, 3.8) is 0 Å². The molecule has 1 amide bonds. The zero-order valence-corrected chi connectivity index (χ0v) is 18.3. The van der Waals surface area contributed by atoms with Crippen molar-refractivity contribution in [1.29, 1.82) is 0 Å². The number of hydrogen-bond donors (Lipinski definition) is 2. The number of ether oxygens (including phenoxy) is 1. The summed E-state index contributed by atoms with van der Waals surface area (Å²) < 4.78 is 6.35. The van der Waals surface area contributed by atoms with Crippen LogP contribution in [0.2, 0.25) is 0 Å². The minimum Gasteiger partial charge on any atom is -0.484 e. The third-order valence-corrected chi connectivity index (χ3v) is 5.85. The fraction of sp³-hybridized carbons (Fsp3) is 0.185. The molecule has 6 heteroatoms. The van der Waals surface area contributed by atoms with Crippen LogP contribution in [-0.2, 0) is 17.9 Å². The van der Waals surface area contributed by atoms with Gasteiger partial charge in [0.25, 0.3) is 0 Å². The summed E-state index contributed by atoms with van der Waals surface area (Å²) in [7, 11) is 0. The van der Waals surface area contributed by atoms with Crippen LogP contribution in [0, 0.1) is 0 Å². The number of H-pyrrole nitrogens is 1. The van der Waals surface area contributed by atoms with E-state index in [1.165, 1.54) is 0 Å². The van der Waals surface area contributed by atoms with Crippen molar-refractivity contribution in [3.05, 3.63) is 108 Å². The second kappa shape index (κ2) is 9.71. The van der Waals surface area contributed by atoms with Gasteiger partial charge in [0.1, 0.15) is 11.9 Å². The average Bonchev–Trinajstić information content (AvgIpc) is 3.25. The van der Waals surface area contributed by atoms with E-state index in [2.05, 4.69) is 38.6 Å². The van der Waals surface area contributed by atoms with Crippen molar-refractivity contribution in [3.8, 4) is 17.0 Å². The van der Waals surface area contributed by atoms with Crippen LogP contribution in [0.25, 0.3) is 11.3 Å². The van der Waals surface area contributed by atoms with E-state index >= 15 is 0 Å². The normalized spacial score (nSPS) is 15.8. The molecule has 5 rings (SSSR count). The maximum Gasteiger partial charge on any atom is 0.234 e. The Morgan fingerprint density at radius 1 is 1.00 bits per heavy atom. The molecule has 0 saturated carbocycles. The number of aromatic nitrogens is 2. The quantitative estimate of drug-likeness (QED) is 0.470. The molecule has 1 aliphatic rings. The number of nitrogens with one attached hydrogen (secondary N) is 2. The molecule has 0 radical (unpaired) electrons. The predicted octanol–water partition coefficient (Wildman–Crippen LogP) is 4.33. The van der Waals surface area contributed by atoms with Gasteiger partial charge in [0, 0.05) is 30.8 Å². The Morgan fingerprint density at radius 2 is 1.73 bits per heavy atom. The summed E-state index contributed by atoms with van der Waals surface area (Å²) in [6.07, 6.45) is 1.63. The molecule has 3 aromatic carbocycles. The first-order valence-electron chi connectivity index (χ1n) is 11.1. The molecule has 1 atom stereocenters. The summed E-state index contributed by atoms with van der Waals surface area (Å²) in [6, 6.07) is 28.2. The van der Waals surface area contributed by atoms with E-state index in [9.17, 15) is 4.79 Å². The molecule has 166 valence electrons. The Morgan fingerprint density at radius 3 is 2.55 bits per heavy atom. The van der Waals surface area contributed by atoms with E-state index in [1.54, 1.807) is 6.20 Å². The lowest BCUT2D eigenvalue weighted by atomic mass is 10.1. The van der Waals surface area contributed by atoms with Crippen molar-refractivity contribution >= 4 is 5.91 Å². The van der Waals surface area contributed by atoms with Crippen LogP contribution < -0.4 is 10.1 Å². The van der Waals surface area contributed by atoms with Crippen LogP contribution in [0.3, 0.4) is 0 Å². The number of benzene rings is 3. The fourth-order valence-electron chi connectivity index (χ4n) is 4.19. The molecular weight excluding hydrogens is 412 g/mol. The number of fused-ring (bicyclic) bond motifs is 1. The predicted molar refractivity (Wildman–Crippen MR) is 127 cm³/mol. The zero-order chi connectivity index (χ0) is 22.5. The Kier molecular flexibility index (Phi) is 6.17. The van der Waals surface area contributed by atoms with Crippen LogP contribution in [0.4, 0.5) is 0 Å². The third-order valence-electron chi connectivity index (χ3n) is 5.85. The first kappa shape index (κ1) is 21.0. The highest BCUT2D eigenvalue weighted by Gasteiger charge is 2.25. The standard InChI is InChI=1S/C27H26N4O2/c32-26(28-15-23-16-29-30-27(23)21-11-5-2-6-12-21)19-31-17-22-13-7-8-14-24(22)33-25(18-31)20-9-3-1-4-10-20/h1-14,16,25H,15,17-19H2,(H,28,32)(H,29,30)/t25-/m0/s1. The van der Waals surface area contributed by atoms with Crippen LogP contribution in [-0.4, -0.2) is 34.1 Å². The number of hydrogen-bond acceptors (Lipinski definition) is 4. The fourth-order valence-corrected chi connectivity index (χ4v) is 4.19. The molecular formula is C27H26N4O2. The van der Waals surface area contributed by atoms with Crippen LogP contribution in [0.15, 0.2) is 91.1 Å². The van der Waals surface area contributed by atoms with Crippen LogP contribution >= 0.6 is 0 Å². The van der Waals surface area contributed by atoms with E-state index in [0.717, 1.165) is 33.7 Å². The number of carbonyl (C=O) groups is 1. The van der Waals surface area contributed by atoms with Crippen LogP contribution in [0.5, 0.6) is 5.75 Å². The summed E-state index contributed by atoms with van der Waals surface area (Å²) in [5, 5.41) is 10.3. The van der Waals surface area contributed by atoms with Gasteiger partial charge in [0.15, 0.2) is 0 Å². The summed E-state index contributed by atoms with van der Waals surface area (Å²) in [4.78, 5) is 15.0. The maximum absolute atomic E-state index is 12.9. The number of nitrogens with zero attached hydrogens (tertiary/aromatic N) is 2. The first-order chi connectivity index (χ1) is 16.3. The minimum atomic E-state index is -0.138. The summed E-state index contributed by atoms with van der Waals surface area (Å²) in [6.45, 7) is 2.00. The van der Waals surface area contributed by atoms with Crippen LogP contribution in [0.1, 0.15) is 22.8 Å². The van der Waals surface area contributed by atoms with Crippen molar-refractivity contribution in [2.24, 2.45) is 0 Å². The number of carbonyl (C=O) groups excluding carboxylic acids is 1. The van der Waals surface area contributed by atoms with E-state index in [0.29, 0.717) is 26.2 Å². The van der Waals surface area contributed by atoms with Crippen molar-refractivity contribution in [2.45, 2.75) is 19.2 Å². The van der Waals surface area contributed by atoms with E-state index < -0.39 is 0 Å². The van der Waals surface area contributed by atoms with Gasteiger partial charge in [-0.1, -0.05) is 78.9 Å². The average molecular weight is 439 g/mol. The lowest BCUT2D eigenvalue weighted by Crippen LogP contribution is -2.38. The smallest absolute Gasteiger partial charge is 0.234 e. The molecule has 6 nitrogen and oxygen atoms in total. The van der Waals surface area contributed by atoms with Crippen molar-refractivity contribution in [2.75, 3.05) is 13.1 Å². The second-order valence-corrected chi connectivity index (χ2v) is 8.21. The zero-order valence-electron chi connectivity index (χ0n) is 18.3. The van der Waals surface area contributed by atoms with Gasteiger partial charge in [0.05, 0.1) is 18.4 Å². The topological polar surface area (TPSA) is 70.2 Å². The largest absolute Gasteiger partial charge is 0.484 e.